The largest absolute Gasteiger partial charge is 0.296 e. The highest BCUT2D eigenvalue weighted by atomic mass is 32.2. The molecule has 0 saturated carbocycles. The third-order valence-electron chi connectivity index (χ3n) is 2.72. The molecule has 1 rings (SSSR count). The van der Waals surface area contributed by atoms with Crippen LogP contribution in [0.4, 0.5) is 0 Å². The fraction of sp³-hybridized carbons (Fsp3) is 0.429. The fourth-order valence-corrected chi connectivity index (χ4v) is 2.30. The van der Waals surface area contributed by atoms with Crippen LogP contribution >= 0.6 is 0 Å². The van der Waals surface area contributed by atoms with Crippen molar-refractivity contribution in [1.82, 2.24) is 0 Å². The van der Waals surface area contributed by atoms with Crippen LogP contribution in [-0.4, -0.2) is 15.0 Å². The fourth-order valence-electron chi connectivity index (χ4n) is 1.38. The molecular formula is C14H20O3S. The van der Waals surface area contributed by atoms with Crippen molar-refractivity contribution in [3.8, 4) is 0 Å². The summed E-state index contributed by atoms with van der Waals surface area (Å²) in [6.07, 6.45) is 3.60. The van der Waals surface area contributed by atoms with Crippen LogP contribution in [0.3, 0.4) is 0 Å². The van der Waals surface area contributed by atoms with Crippen LogP contribution in [-0.2, 0) is 14.3 Å². The van der Waals surface area contributed by atoms with Crippen molar-refractivity contribution in [2.45, 2.75) is 38.5 Å². The Hall–Kier alpha value is -1.13. The predicted molar refractivity (Wildman–Crippen MR) is 73.0 cm³/mol. The van der Waals surface area contributed by atoms with Crippen LogP contribution < -0.4 is 0 Å². The maximum absolute atomic E-state index is 11.8. The van der Waals surface area contributed by atoms with Crippen molar-refractivity contribution < 1.29 is 12.6 Å². The number of benzene rings is 1. The van der Waals surface area contributed by atoms with Crippen LogP contribution in [0.25, 0.3) is 0 Å². The minimum atomic E-state index is -3.61. The smallest absolute Gasteiger partial charge is 0.266 e. The monoisotopic (exact) mass is 268 g/mol. The summed E-state index contributed by atoms with van der Waals surface area (Å²) in [4.78, 5) is 0.212. The molecule has 18 heavy (non-hydrogen) atoms. The minimum Gasteiger partial charge on any atom is -0.266 e. The van der Waals surface area contributed by atoms with E-state index in [2.05, 4.69) is 6.92 Å². The van der Waals surface area contributed by atoms with E-state index in [9.17, 15) is 8.42 Å². The van der Waals surface area contributed by atoms with E-state index in [1.807, 2.05) is 19.9 Å². The van der Waals surface area contributed by atoms with Gasteiger partial charge in [0, 0.05) is 0 Å². The zero-order valence-electron chi connectivity index (χ0n) is 11.1. The Kier molecular flexibility index (Phi) is 5.56. The first-order chi connectivity index (χ1) is 8.45. The van der Waals surface area contributed by atoms with Crippen molar-refractivity contribution >= 4 is 10.1 Å². The normalized spacial score (nSPS) is 12.7. The SMILES string of the molecule is CC/C(C)=C/CCOS(=O)(=O)c1ccc(C)cc1. The molecule has 0 aromatic heterocycles. The van der Waals surface area contributed by atoms with Crippen molar-refractivity contribution in [3.63, 3.8) is 0 Å². The molecule has 0 saturated heterocycles. The summed E-state index contributed by atoms with van der Waals surface area (Å²) in [6.45, 7) is 6.19. The first-order valence-electron chi connectivity index (χ1n) is 6.07. The Morgan fingerprint density at radius 1 is 1.28 bits per heavy atom. The van der Waals surface area contributed by atoms with Crippen LogP contribution in [0.1, 0.15) is 32.3 Å². The zero-order valence-corrected chi connectivity index (χ0v) is 12.0. The second-order valence-corrected chi connectivity index (χ2v) is 5.90. The molecular weight excluding hydrogens is 248 g/mol. The average Bonchev–Trinajstić information content (AvgIpc) is 2.35. The number of allylic oxidation sites excluding steroid dienone is 1. The summed E-state index contributed by atoms with van der Waals surface area (Å²) < 4.78 is 28.6. The van der Waals surface area contributed by atoms with Gasteiger partial charge < -0.3 is 0 Å². The molecule has 0 aliphatic carbocycles. The molecule has 3 nitrogen and oxygen atoms in total. The zero-order chi connectivity index (χ0) is 13.6. The molecule has 0 radical (unpaired) electrons. The molecule has 0 heterocycles. The molecule has 0 fully saturated rings. The Morgan fingerprint density at radius 3 is 2.44 bits per heavy atom. The lowest BCUT2D eigenvalue weighted by Crippen LogP contribution is -2.07. The summed E-state index contributed by atoms with van der Waals surface area (Å²) in [6, 6.07) is 6.66. The van der Waals surface area contributed by atoms with Gasteiger partial charge in [0.15, 0.2) is 0 Å². The Labute approximate surface area is 110 Å². The minimum absolute atomic E-state index is 0.188. The molecule has 0 bridgehead atoms. The van der Waals surface area contributed by atoms with Crippen molar-refractivity contribution in [2.75, 3.05) is 6.61 Å². The van der Waals surface area contributed by atoms with E-state index in [1.165, 1.54) is 5.57 Å². The summed E-state index contributed by atoms with van der Waals surface area (Å²) in [7, 11) is -3.61. The molecule has 0 amide bonds. The highest BCUT2D eigenvalue weighted by Gasteiger charge is 2.13. The molecule has 0 N–H and O–H groups in total. The van der Waals surface area contributed by atoms with Crippen LogP contribution in [0, 0.1) is 6.92 Å². The second-order valence-electron chi connectivity index (χ2n) is 4.28. The predicted octanol–water partition coefficient (Wildman–Crippen LogP) is 3.45. The van der Waals surface area contributed by atoms with Gasteiger partial charge in [-0.3, -0.25) is 4.18 Å². The summed E-state index contributed by atoms with van der Waals surface area (Å²) in [5.74, 6) is 0. The van der Waals surface area contributed by atoms with Gasteiger partial charge in [-0.25, -0.2) is 0 Å². The molecule has 0 unspecified atom stereocenters. The third kappa shape index (κ3) is 4.63. The molecule has 0 atom stereocenters. The molecule has 100 valence electrons. The van der Waals surface area contributed by atoms with Gasteiger partial charge in [-0.2, -0.15) is 8.42 Å². The maximum Gasteiger partial charge on any atom is 0.296 e. The first kappa shape index (κ1) is 14.9. The lowest BCUT2D eigenvalue weighted by Gasteiger charge is -2.05. The molecule has 1 aromatic carbocycles. The Morgan fingerprint density at radius 2 is 1.89 bits per heavy atom. The van der Waals surface area contributed by atoms with Gasteiger partial charge in [-0.15, -0.1) is 0 Å². The van der Waals surface area contributed by atoms with Crippen molar-refractivity contribution in [1.29, 1.82) is 0 Å². The van der Waals surface area contributed by atoms with Gasteiger partial charge in [0.25, 0.3) is 10.1 Å². The number of hydrogen-bond donors (Lipinski definition) is 0. The van der Waals surface area contributed by atoms with Crippen LogP contribution in [0.15, 0.2) is 40.8 Å². The van der Waals surface area contributed by atoms with Gasteiger partial charge in [0.1, 0.15) is 0 Å². The van der Waals surface area contributed by atoms with Gasteiger partial charge in [-0.1, -0.05) is 36.3 Å². The molecule has 0 aliphatic heterocycles. The van der Waals surface area contributed by atoms with E-state index < -0.39 is 10.1 Å². The molecule has 1 aromatic rings. The molecule has 4 heteroatoms. The van der Waals surface area contributed by atoms with E-state index in [1.54, 1.807) is 24.3 Å². The highest BCUT2D eigenvalue weighted by molar-refractivity contribution is 7.86. The van der Waals surface area contributed by atoms with Crippen LogP contribution in [0.2, 0.25) is 0 Å². The second kappa shape index (κ2) is 6.71. The maximum atomic E-state index is 11.8. The summed E-state index contributed by atoms with van der Waals surface area (Å²) in [5.41, 5.74) is 2.27. The Bertz CT molecular complexity index is 498. The van der Waals surface area contributed by atoms with E-state index in [4.69, 9.17) is 4.18 Å². The van der Waals surface area contributed by atoms with Crippen LogP contribution in [0.5, 0.6) is 0 Å². The average molecular weight is 268 g/mol. The molecule has 0 spiro atoms. The van der Waals surface area contributed by atoms with Crippen molar-refractivity contribution in [3.05, 3.63) is 41.5 Å². The Balaban J connectivity index is 2.58. The van der Waals surface area contributed by atoms with Gasteiger partial charge in [0.2, 0.25) is 0 Å². The molecule has 0 aliphatic rings. The van der Waals surface area contributed by atoms with E-state index in [-0.39, 0.29) is 11.5 Å². The van der Waals surface area contributed by atoms with Crippen molar-refractivity contribution in [2.24, 2.45) is 0 Å². The quantitative estimate of drug-likeness (QED) is 0.451. The lowest BCUT2D eigenvalue weighted by atomic mass is 10.2. The van der Waals surface area contributed by atoms with E-state index in [0.717, 1.165) is 12.0 Å². The van der Waals surface area contributed by atoms with Gasteiger partial charge >= 0.3 is 0 Å². The number of aryl methyl sites for hydroxylation is 1. The van der Waals surface area contributed by atoms with Gasteiger partial charge in [-0.05, 0) is 38.8 Å². The first-order valence-corrected chi connectivity index (χ1v) is 7.48. The highest BCUT2D eigenvalue weighted by Crippen LogP contribution is 2.13. The summed E-state index contributed by atoms with van der Waals surface area (Å²) >= 11 is 0. The topological polar surface area (TPSA) is 43.4 Å². The number of rotatable bonds is 6. The number of hydrogen-bond acceptors (Lipinski definition) is 3. The summed E-state index contributed by atoms with van der Waals surface area (Å²) in [5, 5.41) is 0. The van der Waals surface area contributed by atoms with Gasteiger partial charge in [0.05, 0.1) is 11.5 Å². The lowest BCUT2D eigenvalue weighted by molar-refractivity contribution is 0.324. The van der Waals surface area contributed by atoms with E-state index >= 15 is 0 Å². The third-order valence-corrected chi connectivity index (χ3v) is 4.04. The van der Waals surface area contributed by atoms with E-state index in [0.29, 0.717) is 6.42 Å². The standard InChI is InChI=1S/C14H20O3S/c1-4-12(2)6-5-11-17-18(15,16)14-9-7-13(3)8-10-14/h6-10H,4-5,11H2,1-3H3/b12-6+.